The van der Waals surface area contributed by atoms with E-state index in [4.69, 9.17) is 0 Å². The van der Waals surface area contributed by atoms with Crippen LogP contribution in [0.25, 0.3) is 5.69 Å². The van der Waals surface area contributed by atoms with E-state index in [1.807, 2.05) is 30.3 Å². The van der Waals surface area contributed by atoms with Gasteiger partial charge in [0.15, 0.2) is 11.7 Å². The van der Waals surface area contributed by atoms with Crippen molar-refractivity contribution in [3.63, 3.8) is 0 Å². The summed E-state index contributed by atoms with van der Waals surface area (Å²) in [6, 6.07) is 8.42. The second-order valence-electron chi connectivity index (χ2n) is 6.87. The van der Waals surface area contributed by atoms with Crippen LogP contribution in [0.1, 0.15) is 41.0 Å². The first-order valence-electron chi connectivity index (χ1n) is 8.96. The van der Waals surface area contributed by atoms with Gasteiger partial charge in [0.25, 0.3) is 5.91 Å². The van der Waals surface area contributed by atoms with Crippen LogP contribution in [0.4, 0.5) is 0 Å². The van der Waals surface area contributed by atoms with Crippen LogP contribution in [0.15, 0.2) is 30.3 Å². The minimum Gasteiger partial charge on any atom is -0.480 e. The maximum Gasteiger partial charge on any atom is 0.329 e. The molecular formula is C19H21N3O4. The third kappa shape index (κ3) is 2.68. The Morgan fingerprint density at radius 1 is 1.12 bits per heavy atom. The Balaban J connectivity index is 1.74. The molecule has 26 heavy (non-hydrogen) atoms. The molecule has 1 aromatic heterocycles. The molecule has 2 heterocycles. The zero-order chi connectivity index (χ0) is 18.3. The van der Waals surface area contributed by atoms with Crippen LogP contribution >= 0.6 is 0 Å². The number of carbonyl (C=O) groups is 2. The summed E-state index contributed by atoms with van der Waals surface area (Å²) in [7, 11) is 0. The van der Waals surface area contributed by atoms with Crippen LogP contribution in [0.2, 0.25) is 0 Å². The van der Waals surface area contributed by atoms with Gasteiger partial charge in [-0.1, -0.05) is 18.2 Å². The minimum atomic E-state index is -1.21. The van der Waals surface area contributed by atoms with Crippen molar-refractivity contribution < 1.29 is 19.8 Å². The Kier molecular flexibility index (Phi) is 4.24. The van der Waals surface area contributed by atoms with Gasteiger partial charge in [-0.15, -0.1) is 0 Å². The van der Waals surface area contributed by atoms with Crippen LogP contribution in [0.5, 0.6) is 0 Å². The summed E-state index contributed by atoms with van der Waals surface area (Å²) in [4.78, 5) is 26.0. The number of aliphatic hydroxyl groups is 1. The number of aromatic nitrogens is 2. The van der Waals surface area contributed by atoms with Gasteiger partial charge in [0.05, 0.1) is 11.8 Å². The van der Waals surface area contributed by atoms with E-state index in [1.54, 1.807) is 4.68 Å². The Morgan fingerprint density at radius 2 is 1.88 bits per heavy atom. The minimum absolute atomic E-state index is 0.319. The molecule has 136 valence electrons. The highest BCUT2D eigenvalue weighted by atomic mass is 16.4. The number of nitrogens with zero attached hydrogens (tertiary/aromatic N) is 3. The smallest absolute Gasteiger partial charge is 0.329 e. The molecule has 1 fully saturated rings. The highest BCUT2D eigenvalue weighted by Gasteiger charge is 2.41. The molecule has 0 saturated carbocycles. The summed E-state index contributed by atoms with van der Waals surface area (Å²) in [5.74, 6) is -1.58. The van der Waals surface area contributed by atoms with Crippen molar-refractivity contribution in [1.29, 1.82) is 0 Å². The van der Waals surface area contributed by atoms with Crippen LogP contribution < -0.4 is 0 Å². The van der Waals surface area contributed by atoms with Crippen molar-refractivity contribution >= 4 is 11.9 Å². The maximum atomic E-state index is 13.1. The molecule has 0 bridgehead atoms. The number of likely N-dealkylation sites (tertiary alicyclic amines) is 1. The number of aliphatic carboxylic acids is 1. The number of amides is 1. The second kappa shape index (κ2) is 6.57. The number of hydrogen-bond donors (Lipinski definition) is 2. The molecule has 4 rings (SSSR count). The molecule has 0 radical (unpaired) electrons. The zero-order valence-electron chi connectivity index (χ0n) is 14.3. The molecule has 7 heteroatoms. The predicted molar refractivity (Wildman–Crippen MR) is 93.3 cm³/mol. The largest absolute Gasteiger partial charge is 0.480 e. The number of fused-ring (bicyclic) bond motifs is 1. The topological polar surface area (TPSA) is 95.7 Å². The normalized spacial score (nSPS) is 22.3. The van der Waals surface area contributed by atoms with Gasteiger partial charge in [0, 0.05) is 17.8 Å². The number of rotatable bonds is 3. The lowest BCUT2D eigenvalue weighted by atomic mass is 9.98. The highest BCUT2D eigenvalue weighted by molar-refractivity contribution is 5.97. The number of carbonyl (C=O) groups excluding carboxylic acids is 1. The van der Waals surface area contributed by atoms with Gasteiger partial charge >= 0.3 is 5.97 Å². The van der Waals surface area contributed by atoms with E-state index >= 15 is 0 Å². The standard InChI is InChI=1S/C19H21N3O4/c23-15-10-5-11-21(17(15)19(25)26)18(24)16-13-8-4-9-14(13)22(20-16)12-6-2-1-3-7-12/h1-3,6-7,15,17,23H,4-5,8-11H2,(H,25,26). The first-order chi connectivity index (χ1) is 12.6. The van der Waals surface area contributed by atoms with E-state index in [0.29, 0.717) is 25.1 Å². The third-order valence-corrected chi connectivity index (χ3v) is 5.25. The molecule has 1 saturated heterocycles. The number of aliphatic hydroxyl groups excluding tert-OH is 1. The van der Waals surface area contributed by atoms with Crippen LogP contribution in [-0.2, 0) is 17.6 Å². The lowest BCUT2D eigenvalue weighted by Crippen LogP contribution is -2.55. The van der Waals surface area contributed by atoms with E-state index in [0.717, 1.165) is 36.2 Å². The van der Waals surface area contributed by atoms with Gasteiger partial charge in [-0.05, 0) is 44.2 Å². The molecule has 2 aliphatic rings. The summed E-state index contributed by atoms with van der Waals surface area (Å²) in [6.07, 6.45) is 2.47. The fraction of sp³-hybridized carbons (Fsp3) is 0.421. The van der Waals surface area contributed by atoms with Crippen molar-refractivity contribution in [2.75, 3.05) is 6.54 Å². The van der Waals surface area contributed by atoms with Crippen LogP contribution in [0, 0.1) is 0 Å². The zero-order valence-corrected chi connectivity index (χ0v) is 14.3. The predicted octanol–water partition coefficient (Wildman–Crippen LogP) is 1.41. The molecule has 1 amide bonds. The summed E-state index contributed by atoms with van der Waals surface area (Å²) in [5, 5.41) is 24.1. The number of carboxylic acids is 1. The molecule has 2 aromatic rings. The van der Waals surface area contributed by atoms with E-state index < -0.39 is 24.0 Å². The molecule has 7 nitrogen and oxygen atoms in total. The summed E-state index contributed by atoms with van der Waals surface area (Å²) in [5.41, 5.74) is 3.13. The number of hydrogen-bond acceptors (Lipinski definition) is 4. The second-order valence-corrected chi connectivity index (χ2v) is 6.87. The van der Waals surface area contributed by atoms with Gasteiger partial charge in [0.1, 0.15) is 0 Å². The third-order valence-electron chi connectivity index (χ3n) is 5.25. The van der Waals surface area contributed by atoms with Gasteiger partial charge in [-0.25, -0.2) is 9.48 Å². The number of piperidine rings is 1. The molecule has 1 aliphatic carbocycles. The Hall–Kier alpha value is -2.67. The first-order valence-corrected chi connectivity index (χ1v) is 8.96. The first kappa shape index (κ1) is 16.8. The Bertz CT molecular complexity index is 846. The van der Waals surface area contributed by atoms with E-state index in [2.05, 4.69) is 5.10 Å². The Labute approximate surface area is 150 Å². The fourth-order valence-corrected chi connectivity index (χ4v) is 4.03. The highest BCUT2D eigenvalue weighted by Crippen LogP contribution is 2.30. The monoisotopic (exact) mass is 355 g/mol. The van der Waals surface area contributed by atoms with E-state index in [1.165, 1.54) is 4.90 Å². The Morgan fingerprint density at radius 3 is 2.62 bits per heavy atom. The quantitative estimate of drug-likeness (QED) is 0.868. The average Bonchev–Trinajstić information content (AvgIpc) is 3.24. The molecule has 2 atom stereocenters. The molecule has 2 unspecified atom stereocenters. The number of benzene rings is 1. The fourth-order valence-electron chi connectivity index (χ4n) is 4.03. The SMILES string of the molecule is O=C(O)C1C(O)CCCN1C(=O)c1nn(-c2ccccc2)c2c1CCC2. The maximum absolute atomic E-state index is 13.1. The van der Waals surface area contributed by atoms with Crippen molar-refractivity contribution in [2.24, 2.45) is 0 Å². The van der Waals surface area contributed by atoms with Crippen molar-refractivity contribution in [1.82, 2.24) is 14.7 Å². The van der Waals surface area contributed by atoms with E-state index in [-0.39, 0.29) is 0 Å². The summed E-state index contributed by atoms with van der Waals surface area (Å²) >= 11 is 0. The van der Waals surface area contributed by atoms with Gasteiger partial charge < -0.3 is 15.1 Å². The van der Waals surface area contributed by atoms with Crippen LogP contribution in [0.3, 0.4) is 0 Å². The van der Waals surface area contributed by atoms with Crippen molar-refractivity contribution in [3.05, 3.63) is 47.3 Å². The van der Waals surface area contributed by atoms with Crippen molar-refractivity contribution in [3.8, 4) is 5.69 Å². The molecule has 1 aromatic carbocycles. The van der Waals surface area contributed by atoms with Gasteiger partial charge in [0.2, 0.25) is 0 Å². The van der Waals surface area contributed by atoms with Crippen LogP contribution in [-0.4, -0.2) is 55.5 Å². The number of carboxylic acid groups (broad SMARTS) is 1. The van der Waals surface area contributed by atoms with E-state index in [9.17, 15) is 19.8 Å². The van der Waals surface area contributed by atoms with Crippen molar-refractivity contribution in [2.45, 2.75) is 44.2 Å². The summed E-state index contributed by atoms with van der Waals surface area (Å²) < 4.78 is 1.80. The summed E-state index contributed by atoms with van der Waals surface area (Å²) in [6.45, 7) is 0.319. The number of para-hydroxylation sites is 1. The molecule has 1 aliphatic heterocycles. The molecular weight excluding hydrogens is 334 g/mol. The lowest BCUT2D eigenvalue weighted by molar-refractivity contribution is -0.148. The van der Waals surface area contributed by atoms with Gasteiger partial charge in [-0.3, -0.25) is 4.79 Å². The average molecular weight is 355 g/mol. The van der Waals surface area contributed by atoms with Gasteiger partial charge in [-0.2, -0.15) is 5.10 Å². The molecule has 2 N–H and O–H groups in total. The lowest BCUT2D eigenvalue weighted by Gasteiger charge is -2.36. The molecule has 0 spiro atoms.